The minimum Gasteiger partial charge on any atom is -0.151 e. The lowest BCUT2D eigenvalue weighted by Crippen LogP contribution is -2.36. The number of nitroso groups, excluding NO2 is 1. The highest BCUT2D eigenvalue weighted by atomic mass is 16.3. The molecule has 0 heterocycles. The van der Waals surface area contributed by atoms with E-state index < -0.39 is 0 Å². The van der Waals surface area contributed by atoms with Crippen molar-refractivity contribution in [3.05, 3.63) is 17.1 Å². The fourth-order valence-corrected chi connectivity index (χ4v) is 13.3. The molecule has 6 bridgehead atoms. The van der Waals surface area contributed by atoms with E-state index in [-0.39, 0.29) is 5.41 Å². The quantitative estimate of drug-likeness (QED) is 0.238. The number of fused-ring (bicyclic) bond motifs is 8. The van der Waals surface area contributed by atoms with Crippen LogP contribution >= 0.6 is 0 Å². The van der Waals surface area contributed by atoms with Gasteiger partial charge in [-0.05, 0) is 166 Å². The zero-order valence-corrected chi connectivity index (χ0v) is 27.4. The van der Waals surface area contributed by atoms with Crippen molar-refractivity contribution in [2.45, 2.75) is 155 Å². The summed E-state index contributed by atoms with van der Waals surface area (Å²) in [7, 11) is 0. The van der Waals surface area contributed by atoms with Crippen molar-refractivity contribution in [2.75, 3.05) is 6.54 Å². The molecule has 0 aromatic heterocycles. The van der Waals surface area contributed by atoms with Crippen molar-refractivity contribution in [1.29, 1.82) is 0 Å². The summed E-state index contributed by atoms with van der Waals surface area (Å²) in [5, 5.41) is 3.46. The van der Waals surface area contributed by atoms with Gasteiger partial charge in [-0.2, -0.15) is 4.91 Å². The number of hydrogen-bond acceptors (Lipinski definition) is 2. The Hall–Kier alpha value is -0.660. The van der Waals surface area contributed by atoms with E-state index in [4.69, 9.17) is 0 Å². The first-order chi connectivity index (χ1) is 20.6. The van der Waals surface area contributed by atoms with Crippen LogP contribution in [0.25, 0.3) is 0 Å². The maximum atomic E-state index is 11.4. The predicted molar refractivity (Wildman–Crippen MR) is 176 cm³/mol. The molecule has 0 spiro atoms. The van der Waals surface area contributed by atoms with E-state index in [2.05, 4.69) is 24.3 Å². The molecule has 11 unspecified atom stereocenters. The Labute approximate surface area is 259 Å². The summed E-state index contributed by atoms with van der Waals surface area (Å²) in [5.74, 6) is 11.4. The smallest absolute Gasteiger partial charge is 0.0864 e. The van der Waals surface area contributed by atoms with Gasteiger partial charge in [0.2, 0.25) is 0 Å². The average Bonchev–Trinajstić information content (AvgIpc) is 3.28. The van der Waals surface area contributed by atoms with Crippen LogP contribution < -0.4 is 0 Å². The van der Waals surface area contributed by atoms with E-state index in [0.29, 0.717) is 6.54 Å². The number of allylic oxidation sites excluding steroid dienone is 2. The van der Waals surface area contributed by atoms with Crippen LogP contribution in [0, 0.1) is 81.3 Å². The Kier molecular flexibility index (Phi) is 9.55. The summed E-state index contributed by atoms with van der Waals surface area (Å²) in [5.41, 5.74) is 0.156. The van der Waals surface area contributed by atoms with Crippen molar-refractivity contribution in [3.8, 4) is 0 Å². The molecule has 0 amide bonds. The Morgan fingerprint density at radius 1 is 0.548 bits per heavy atom. The zero-order chi connectivity index (χ0) is 28.5. The summed E-state index contributed by atoms with van der Waals surface area (Å²) in [6, 6.07) is 0. The lowest BCUT2D eigenvalue weighted by Gasteiger charge is -2.45. The second kappa shape index (κ2) is 13.4. The van der Waals surface area contributed by atoms with Gasteiger partial charge in [0.05, 0.1) is 6.54 Å². The van der Waals surface area contributed by atoms with Gasteiger partial charge < -0.3 is 0 Å². The third-order valence-electron chi connectivity index (χ3n) is 15.5. The molecule has 7 rings (SSSR count). The Balaban J connectivity index is 1.13. The predicted octanol–water partition coefficient (Wildman–Crippen LogP) is 11.8. The van der Waals surface area contributed by atoms with Crippen molar-refractivity contribution in [1.82, 2.24) is 0 Å². The fourth-order valence-electron chi connectivity index (χ4n) is 13.3. The molecule has 0 aromatic carbocycles. The van der Waals surface area contributed by atoms with Crippen molar-refractivity contribution in [3.63, 3.8) is 0 Å². The summed E-state index contributed by atoms with van der Waals surface area (Å²) >= 11 is 0. The second-order valence-electron chi connectivity index (χ2n) is 18.0. The molecule has 6 saturated carbocycles. The van der Waals surface area contributed by atoms with Gasteiger partial charge in [0.25, 0.3) is 0 Å². The van der Waals surface area contributed by atoms with Crippen LogP contribution in [0.15, 0.2) is 17.3 Å². The third-order valence-corrected chi connectivity index (χ3v) is 15.5. The van der Waals surface area contributed by atoms with E-state index in [9.17, 15) is 4.91 Å². The third kappa shape index (κ3) is 6.64. The van der Waals surface area contributed by atoms with Gasteiger partial charge in [-0.3, -0.25) is 0 Å². The minimum absolute atomic E-state index is 0.156. The van der Waals surface area contributed by atoms with Gasteiger partial charge in [0.15, 0.2) is 0 Å². The Morgan fingerprint density at radius 2 is 1.14 bits per heavy atom. The fraction of sp³-hybridized carbons (Fsp3) is 0.950. The summed E-state index contributed by atoms with van der Waals surface area (Å²) < 4.78 is 0. The Bertz CT molecular complexity index is 927. The molecule has 0 radical (unpaired) electrons. The van der Waals surface area contributed by atoms with Crippen molar-refractivity contribution < 1.29 is 0 Å². The molecule has 2 nitrogen and oxygen atoms in total. The normalized spacial score (nSPS) is 50.7. The molecule has 0 aliphatic heterocycles. The topological polar surface area (TPSA) is 29.4 Å². The first-order valence-electron chi connectivity index (χ1n) is 19.5. The molecule has 13 atom stereocenters. The van der Waals surface area contributed by atoms with Crippen molar-refractivity contribution in [2.24, 2.45) is 81.6 Å². The van der Waals surface area contributed by atoms with Crippen LogP contribution in [0.1, 0.15) is 155 Å². The van der Waals surface area contributed by atoms with E-state index in [1.54, 1.807) is 44.9 Å². The van der Waals surface area contributed by atoms with Crippen LogP contribution in [-0.4, -0.2) is 6.54 Å². The molecule has 42 heavy (non-hydrogen) atoms. The summed E-state index contributed by atoms with van der Waals surface area (Å²) in [6.45, 7) is 2.94. The molecule has 7 aliphatic carbocycles. The first-order valence-corrected chi connectivity index (χ1v) is 19.5. The molecule has 0 saturated heterocycles. The monoisotopic (exact) mass is 576 g/mol. The Morgan fingerprint density at radius 3 is 1.88 bits per heavy atom. The average molecular weight is 576 g/mol. The van der Waals surface area contributed by atoms with Crippen molar-refractivity contribution >= 4 is 0 Å². The molecule has 2 heteroatoms. The SMILES string of the molecule is C[C@@]1(CN=O)CCC2CCC3/C=C\C4CCC5CCC[C@H]6CCCCCC(CC5C6)C4CCC3C3CCC(CC2C3)C1. The first kappa shape index (κ1) is 30.0. The van der Waals surface area contributed by atoms with Gasteiger partial charge in [-0.15, -0.1) is 0 Å². The van der Waals surface area contributed by atoms with Gasteiger partial charge in [-0.25, -0.2) is 0 Å². The molecule has 6 fully saturated rings. The standard InChI is InChI=1S/C40H65NO/c1-40(27-41-42)21-20-31-13-15-33-17-16-32-14-12-30-9-5-7-28-6-3-2-4-8-34(24-36(30)22-28)38(32)18-19-39(33)35-11-10-29(26-40)23-37(31)25-35/h16-17,28-39H,2-15,18-27H2,1H3/b17-16-/t28-,29?,30?,31?,32?,33?,34?,35?,36?,37?,38?,39?,40-/m1/s1. The number of nitrogens with zero attached hydrogens (tertiary/aromatic N) is 1. The minimum atomic E-state index is 0.156. The highest BCUT2D eigenvalue weighted by molar-refractivity contribution is 5.05. The highest BCUT2D eigenvalue weighted by Crippen LogP contribution is 2.55. The van der Waals surface area contributed by atoms with Crippen LogP contribution in [0.2, 0.25) is 0 Å². The molecule has 0 aromatic rings. The number of hydrogen-bond donors (Lipinski definition) is 0. The van der Waals surface area contributed by atoms with Gasteiger partial charge in [0.1, 0.15) is 0 Å². The maximum absolute atomic E-state index is 11.4. The molecule has 0 N–H and O–H groups in total. The second-order valence-corrected chi connectivity index (χ2v) is 18.0. The van der Waals surface area contributed by atoms with Crippen LogP contribution in [0.5, 0.6) is 0 Å². The molecular weight excluding hydrogens is 510 g/mol. The molecule has 236 valence electrons. The lowest BCUT2D eigenvalue weighted by molar-refractivity contribution is 0.0716. The summed E-state index contributed by atoms with van der Waals surface area (Å²) in [4.78, 5) is 11.4. The van der Waals surface area contributed by atoms with Gasteiger partial charge in [0, 0.05) is 0 Å². The number of rotatable bonds is 2. The highest BCUT2D eigenvalue weighted by Gasteiger charge is 2.44. The van der Waals surface area contributed by atoms with E-state index in [1.165, 1.54) is 103 Å². The van der Waals surface area contributed by atoms with Gasteiger partial charge in [-0.1, -0.05) is 82.0 Å². The van der Waals surface area contributed by atoms with E-state index >= 15 is 0 Å². The molecular formula is C40H65NO. The molecule has 7 aliphatic rings. The zero-order valence-electron chi connectivity index (χ0n) is 27.4. The van der Waals surface area contributed by atoms with E-state index in [1.807, 2.05) is 0 Å². The van der Waals surface area contributed by atoms with E-state index in [0.717, 1.165) is 71.0 Å². The van der Waals surface area contributed by atoms with Crippen LogP contribution in [-0.2, 0) is 0 Å². The van der Waals surface area contributed by atoms with Gasteiger partial charge >= 0.3 is 0 Å². The van der Waals surface area contributed by atoms with Crippen LogP contribution in [0.4, 0.5) is 0 Å². The lowest BCUT2D eigenvalue weighted by atomic mass is 9.60. The largest absolute Gasteiger partial charge is 0.151 e. The van der Waals surface area contributed by atoms with Crippen LogP contribution in [0.3, 0.4) is 0 Å². The maximum Gasteiger partial charge on any atom is 0.0864 e. The summed E-state index contributed by atoms with van der Waals surface area (Å²) in [6.07, 6.45) is 39.9.